The lowest BCUT2D eigenvalue weighted by Gasteiger charge is -2.09. The van der Waals surface area contributed by atoms with Gasteiger partial charge in [-0.3, -0.25) is 4.79 Å². The molecule has 0 bridgehead atoms. The first-order chi connectivity index (χ1) is 11.1. The number of hydrogen-bond donors (Lipinski definition) is 1. The first-order valence-electron chi connectivity index (χ1n) is 7.50. The van der Waals surface area contributed by atoms with Gasteiger partial charge in [0.05, 0.1) is 11.4 Å². The number of thiophene rings is 1. The van der Waals surface area contributed by atoms with E-state index < -0.39 is 5.97 Å². The van der Waals surface area contributed by atoms with Crippen molar-refractivity contribution in [1.29, 1.82) is 0 Å². The second-order valence-corrected chi connectivity index (χ2v) is 6.75. The number of carbonyl (C=O) groups excluding carboxylic acids is 1. The van der Waals surface area contributed by atoms with E-state index in [1.165, 1.54) is 17.0 Å². The first kappa shape index (κ1) is 14.1. The minimum Gasteiger partial charge on any atom is -0.545 e. The van der Waals surface area contributed by atoms with Crippen molar-refractivity contribution in [2.75, 3.05) is 0 Å². The molecule has 0 aliphatic heterocycles. The lowest BCUT2D eigenvalue weighted by molar-refractivity contribution is -0.255. The molecule has 0 amide bonds. The molecule has 2 aromatic heterocycles. The van der Waals surface area contributed by atoms with Gasteiger partial charge in [0.1, 0.15) is 10.7 Å². The summed E-state index contributed by atoms with van der Waals surface area (Å²) in [5.74, 6) is -0.759. The van der Waals surface area contributed by atoms with Gasteiger partial charge in [-0.25, -0.2) is 4.98 Å². The maximum absolute atomic E-state index is 12.5. The number of benzene rings is 1. The Morgan fingerprint density at radius 1 is 1.17 bits per heavy atom. The predicted octanol–water partition coefficient (Wildman–Crippen LogP) is 1.89. The Labute approximate surface area is 135 Å². The molecule has 4 rings (SSSR count). The standard InChI is InChI=1S/C17H14N2O3S/c20-15-13-11-3-1-2-4-12(11)23-16(13)19-14(18-15)9-5-7-10(8-6-9)17(21)22/h5-8H,1-4H2,(H,21,22)(H,18,19,20)/p-1. The zero-order valence-corrected chi connectivity index (χ0v) is 13.0. The van der Waals surface area contributed by atoms with E-state index in [4.69, 9.17) is 0 Å². The molecule has 3 aromatic rings. The summed E-state index contributed by atoms with van der Waals surface area (Å²) in [5.41, 5.74) is 1.82. The van der Waals surface area contributed by atoms with Crippen molar-refractivity contribution in [1.82, 2.24) is 9.97 Å². The number of aromatic nitrogens is 2. The number of carbonyl (C=O) groups is 1. The number of rotatable bonds is 2. The van der Waals surface area contributed by atoms with Crippen molar-refractivity contribution in [3.63, 3.8) is 0 Å². The monoisotopic (exact) mass is 325 g/mol. The van der Waals surface area contributed by atoms with Crippen LogP contribution in [0, 0.1) is 0 Å². The van der Waals surface area contributed by atoms with Crippen molar-refractivity contribution in [2.45, 2.75) is 25.7 Å². The Bertz CT molecular complexity index is 970. The van der Waals surface area contributed by atoms with Crippen LogP contribution >= 0.6 is 11.3 Å². The maximum Gasteiger partial charge on any atom is 0.260 e. The number of nitrogens with one attached hydrogen (secondary N) is 1. The summed E-state index contributed by atoms with van der Waals surface area (Å²) in [6, 6.07) is 6.16. The second-order valence-electron chi connectivity index (χ2n) is 5.67. The van der Waals surface area contributed by atoms with Gasteiger partial charge in [0.25, 0.3) is 5.56 Å². The third kappa shape index (κ3) is 2.35. The Hall–Kier alpha value is -2.47. The van der Waals surface area contributed by atoms with Crippen molar-refractivity contribution >= 4 is 27.5 Å². The molecule has 0 saturated carbocycles. The van der Waals surface area contributed by atoms with E-state index >= 15 is 0 Å². The third-order valence-electron chi connectivity index (χ3n) is 4.22. The van der Waals surface area contributed by atoms with Gasteiger partial charge in [0.2, 0.25) is 0 Å². The van der Waals surface area contributed by atoms with Gasteiger partial charge in [0.15, 0.2) is 0 Å². The molecule has 23 heavy (non-hydrogen) atoms. The van der Waals surface area contributed by atoms with E-state index in [9.17, 15) is 14.7 Å². The van der Waals surface area contributed by atoms with Crippen LogP contribution in [0.15, 0.2) is 29.1 Å². The molecule has 0 unspecified atom stereocenters. The Morgan fingerprint density at radius 2 is 1.91 bits per heavy atom. The van der Waals surface area contributed by atoms with E-state index in [-0.39, 0.29) is 11.1 Å². The minimum atomic E-state index is -1.22. The highest BCUT2D eigenvalue weighted by molar-refractivity contribution is 7.18. The van der Waals surface area contributed by atoms with E-state index in [1.807, 2.05) is 0 Å². The van der Waals surface area contributed by atoms with Crippen molar-refractivity contribution in [2.24, 2.45) is 0 Å². The molecule has 6 heteroatoms. The third-order valence-corrected chi connectivity index (χ3v) is 5.40. The minimum absolute atomic E-state index is 0.101. The van der Waals surface area contributed by atoms with E-state index in [0.29, 0.717) is 11.4 Å². The van der Waals surface area contributed by atoms with Gasteiger partial charge >= 0.3 is 0 Å². The van der Waals surface area contributed by atoms with Gasteiger partial charge in [-0.1, -0.05) is 24.3 Å². The summed E-state index contributed by atoms with van der Waals surface area (Å²) in [5, 5.41) is 11.5. The van der Waals surface area contributed by atoms with Gasteiger partial charge in [-0.15, -0.1) is 11.3 Å². The van der Waals surface area contributed by atoms with Crippen LogP contribution in [0.3, 0.4) is 0 Å². The Morgan fingerprint density at radius 3 is 2.65 bits per heavy atom. The lowest BCUT2D eigenvalue weighted by Crippen LogP contribution is -2.21. The second kappa shape index (κ2) is 5.31. The molecule has 2 heterocycles. The molecule has 1 aliphatic rings. The van der Waals surface area contributed by atoms with Gasteiger partial charge < -0.3 is 14.9 Å². The molecule has 1 aliphatic carbocycles. The number of nitrogens with zero attached hydrogens (tertiary/aromatic N) is 1. The number of carboxylic acid groups (broad SMARTS) is 1. The molecule has 0 fully saturated rings. The zero-order chi connectivity index (χ0) is 16.0. The van der Waals surface area contributed by atoms with Crippen molar-refractivity contribution in [3.05, 3.63) is 50.6 Å². The number of fused-ring (bicyclic) bond motifs is 3. The van der Waals surface area contributed by atoms with E-state index in [1.54, 1.807) is 23.5 Å². The molecule has 5 nitrogen and oxygen atoms in total. The topological polar surface area (TPSA) is 85.9 Å². The SMILES string of the molecule is O=C([O-])c1ccc(-c2nc3sc4c(c3c(=O)[nH]2)CCCC4)cc1. The molecule has 0 radical (unpaired) electrons. The predicted molar refractivity (Wildman–Crippen MR) is 86.6 cm³/mol. The molecular weight excluding hydrogens is 312 g/mol. The van der Waals surface area contributed by atoms with Crippen LogP contribution in [0.4, 0.5) is 0 Å². The number of H-pyrrole nitrogens is 1. The highest BCUT2D eigenvalue weighted by Gasteiger charge is 2.19. The van der Waals surface area contributed by atoms with Crippen LogP contribution in [-0.4, -0.2) is 15.9 Å². The molecule has 116 valence electrons. The summed E-state index contributed by atoms with van der Waals surface area (Å²) in [7, 11) is 0. The van der Waals surface area contributed by atoms with Gasteiger partial charge in [-0.2, -0.15) is 0 Å². The molecule has 0 saturated heterocycles. The first-order valence-corrected chi connectivity index (χ1v) is 8.31. The summed E-state index contributed by atoms with van der Waals surface area (Å²) in [6.07, 6.45) is 4.24. The molecular formula is C17H13N2O3S-. The quantitative estimate of drug-likeness (QED) is 0.779. The van der Waals surface area contributed by atoms with E-state index in [0.717, 1.165) is 41.5 Å². The number of hydrogen-bond acceptors (Lipinski definition) is 5. The van der Waals surface area contributed by atoms with Crippen LogP contribution in [0.5, 0.6) is 0 Å². The summed E-state index contributed by atoms with van der Waals surface area (Å²) < 4.78 is 0. The average molecular weight is 325 g/mol. The Kier molecular flexibility index (Phi) is 3.27. The zero-order valence-electron chi connectivity index (χ0n) is 12.2. The summed E-state index contributed by atoms with van der Waals surface area (Å²) in [6.45, 7) is 0. The fourth-order valence-corrected chi connectivity index (χ4v) is 4.33. The maximum atomic E-state index is 12.5. The van der Waals surface area contributed by atoms with E-state index in [2.05, 4.69) is 9.97 Å². The molecule has 1 aromatic carbocycles. The van der Waals surface area contributed by atoms with Crippen molar-refractivity contribution < 1.29 is 9.90 Å². The average Bonchev–Trinajstić information content (AvgIpc) is 2.93. The highest BCUT2D eigenvalue weighted by Crippen LogP contribution is 2.34. The fourth-order valence-electron chi connectivity index (χ4n) is 3.06. The number of aryl methyl sites for hydroxylation is 2. The van der Waals surface area contributed by atoms with Crippen molar-refractivity contribution in [3.8, 4) is 11.4 Å². The van der Waals surface area contributed by atoms with Crippen LogP contribution in [0.25, 0.3) is 21.6 Å². The van der Waals surface area contributed by atoms with Crippen LogP contribution in [0.1, 0.15) is 33.6 Å². The van der Waals surface area contributed by atoms with Gasteiger partial charge in [0, 0.05) is 10.4 Å². The normalized spacial score (nSPS) is 13.9. The summed E-state index contributed by atoms with van der Waals surface area (Å²) >= 11 is 1.60. The highest BCUT2D eigenvalue weighted by atomic mass is 32.1. The fraction of sp³-hybridized carbons (Fsp3) is 0.235. The molecule has 0 spiro atoms. The number of aromatic amines is 1. The summed E-state index contributed by atoms with van der Waals surface area (Å²) in [4.78, 5) is 32.7. The molecule has 0 atom stereocenters. The van der Waals surface area contributed by atoms with Gasteiger partial charge in [-0.05, 0) is 36.8 Å². The Balaban J connectivity index is 1.85. The largest absolute Gasteiger partial charge is 0.545 e. The number of carboxylic acids is 1. The van der Waals surface area contributed by atoms with Crippen LogP contribution in [-0.2, 0) is 12.8 Å². The smallest absolute Gasteiger partial charge is 0.260 e. The lowest BCUT2D eigenvalue weighted by atomic mass is 9.97. The van der Waals surface area contributed by atoms with Crippen LogP contribution < -0.4 is 10.7 Å². The number of aromatic carboxylic acids is 1. The van der Waals surface area contributed by atoms with Crippen LogP contribution in [0.2, 0.25) is 0 Å². The molecule has 1 N–H and O–H groups in total.